The van der Waals surface area contributed by atoms with Crippen molar-refractivity contribution in [3.63, 3.8) is 0 Å². The van der Waals surface area contributed by atoms with Crippen molar-refractivity contribution < 1.29 is 49.0 Å². The molecule has 0 N–H and O–H groups in total. The van der Waals surface area contributed by atoms with Crippen molar-refractivity contribution >= 4 is 48.0 Å². The molecule has 5 heteroatoms. The minimum Gasteiger partial charge on any atom is -1.00 e. The molecular weight excluding hydrogens is 942 g/mol. The summed E-state index contributed by atoms with van der Waals surface area (Å²) in [6, 6.07) is 45.7. The van der Waals surface area contributed by atoms with Crippen LogP contribution in [0.3, 0.4) is 0 Å². The topological polar surface area (TPSA) is 0 Å². The molecule has 0 unspecified atom stereocenters. The van der Waals surface area contributed by atoms with Crippen molar-refractivity contribution in [2.75, 3.05) is 0 Å². The van der Waals surface area contributed by atoms with Gasteiger partial charge in [-0.15, -0.1) is 46.2 Å². The molecule has 0 saturated carbocycles. The fourth-order valence-corrected chi connectivity index (χ4v) is 9.11. The van der Waals surface area contributed by atoms with Crippen LogP contribution < -0.4 is 24.8 Å². The zero-order valence-electron chi connectivity index (χ0n) is 39.6. The van der Waals surface area contributed by atoms with Crippen LogP contribution in [0.1, 0.15) is 123 Å². The van der Waals surface area contributed by atoms with Crippen LogP contribution in [0.4, 0.5) is 0 Å². The van der Waals surface area contributed by atoms with Gasteiger partial charge < -0.3 is 24.8 Å². The number of hydrogen-bond donors (Lipinski definition) is 0. The molecule has 7 aromatic rings. The van der Waals surface area contributed by atoms with E-state index in [2.05, 4.69) is 198 Å². The summed E-state index contributed by atoms with van der Waals surface area (Å²) >= 11 is 13.4. The van der Waals surface area contributed by atoms with Gasteiger partial charge in [0.1, 0.15) is 0 Å². The summed E-state index contributed by atoms with van der Waals surface area (Å²) in [6.45, 7) is 28.0. The Bertz CT molecular complexity index is 2530. The third-order valence-electron chi connectivity index (χ3n) is 11.5. The van der Waals surface area contributed by atoms with Crippen LogP contribution in [-0.2, 0) is 45.9 Å². The molecule has 1 aliphatic rings. The minimum absolute atomic E-state index is 0. The van der Waals surface area contributed by atoms with E-state index in [1.165, 1.54) is 105 Å². The maximum atomic E-state index is 5.98. The van der Waals surface area contributed by atoms with E-state index in [0.29, 0.717) is 0 Å². The third-order valence-corrected chi connectivity index (χ3v) is 13.4. The molecular formula is C59H62Cl4Zr-2. The summed E-state index contributed by atoms with van der Waals surface area (Å²) in [5.41, 5.74) is 13.7. The molecule has 8 rings (SSSR count). The molecule has 7 aromatic carbocycles. The van der Waals surface area contributed by atoms with Gasteiger partial charge in [-0.05, 0) is 21.7 Å². The Labute approximate surface area is 422 Å². The van der Waals surface area contributed by atoms with Crippen molar-refractivity contribution in [3.05, 3.63) is 195 Å². The molecule has 64 heavy (non-hydrogen) atoms. The summed E-state index contributed by atoms with van der Waals surface area (Å²) in [7, 11) is 0. The number of fused-ring (bicyclic) bond motifs is 3. The number of rotatable bonds is 4. The van der Waals surface area contributed by atoms with Gasteiger partial charge in [0, 0.05) is 0 Å². The molecule has 0 aliphatic heterocycles. The van der Waals surface area contributed by atoms with E-state index in [9.17, 15) is 0 Å². The van der Waals surface area contributed by atoms with Gasteiger partial charge in [0.2, 0.25) is 0 Å². The standard InChI is InChI=1S/C29H41.C25H16Cl2.C5H5.2ClH.Zr/c1-26(2,3)22-14-18-13-19-15-23(27(4,5)6)25(29(10,11)12)17-21(19)20(18)16-24(22)28(7,8)9;26-24-13-9-22(10-14-24)20-5-1-18(2-6-20)17-19-3-7-21(8-4-19)23-11-15-25(27)16-12-23;1-2-4-5-3-1;;;/h13-17H,1-12H3;1-16H;1-3H,4H2;2*1H;/q-1;;-1;;;+2/p-2. The van der Waals surface area contributed by atoms with Crippen LogP contribution in [0.15, 0.2) is 146 Å². The SMILES string of the molecule is CC(C)(C)c1cc2[cH-]c3cc(C(C)(C)C)c(C(C)(C)C)cc3c2cc1C(C)(C)C.Clc1ccc(-c2ccc([C](=[Zr+2])c3ccc(-c4ccc(Cl)cc4)cc3)cc2)cc1.[C-]1=CC=CC1.[Cl-].[Cl-]. The Balaban J connectivity index is 0.000000245. The normalized spacial score (nSPS) is 12.5. The average Bonchev–Trinajstić information content (AvgIpc) is 3.92. The van der Waals surface area contributed by atoms with Gasteiger partial charge in [-0.3, -0.25) is 6.08 Å². The molecule has 0 heterocycles. The van der Waals surface area contributed by atoms with Gasteiger partial charge in [-0.1, -0.05) is 117 Å². The molecule has 332 valence electrons. The largest absolute Gasteiger partial charge is 1.00 e. The Kier molecular flexibility index (Phi) is 17.9. The quantitative estimate of drug-likeness (QED) is 0.154. The van der Waals surface area contributed by atoms with Crippen molar-refractivity contribution in [1.82, 2.24) is 0 Å². The molecule has 0 fully saturated rings. The molecule has 0 amide bonds. The van der Waals surface area contributed by atoms with Gasteiger partial charge in [0.25, 0.3) is 0 Å². The smallest absolute Gasteiger partial charge is 0.109 e. The second-order valence-electron chi connectivity index (χ2n) is 20.7. The van der Waals surface area contributed by atoms with E-state index >= 15 is 0 Å². The van der Waals surface area contributed by atoms with Crippen molar-refractivity contribution in [3.8, 4) is 22.3 Å². The first-order valence-electron chi connectivity index (χ1n) is 21.8. The van der Waals surface area contributed by atoms with Crippen LogP contribution in [0.25, 0.3) is 43.8 Å². The third kappa shape index (κ3) is 13.1. The first-order valence-corrected chi connectivity index (χ1v) is 23.8. The van der Waals surface area contributed by atoms with Crippen LogP contribution in [0, 0.1) is 6.08 Å². The van der Waals surface area contributed by atoms with E-state index in [1.54, 1.807) is 0 Å². The molecule has 0 radical (unpaired) electrons. The Morgan fingerprint density at radius 3 is 1.02 bits per heavy atom. The zero-order chi connectivity index (χ0) is 45.2. The van der Waals surface area contributed by atoms with E-state index in [0.717, 1.165) is 16.5 Å². The molecule has 0 aromatic heterocycles. The van der Waals surface area contributed by atoms with Crippen LogP contribution >= 0.6 is 23.2 Å². The number of benzene rings is 6. The second-order valence-corrected chi connectivity index (χ2v) is 22.8. The van der Waals surface area contributed by atoms with Gasteiger partial charge >= 0.3 is 191 Å². The maximum Gasteiger partial charge on any atom is -0.109 e. The van der Waals surface area contributed by atoms with Crippen LogP contribution in [0.2, 0.25) is 10.0 Å². The van der Waals surface area contributed by atoms with Gasteiger partial charge in [0.05, 0.1) is 0 Å². The van der Waals surface area contributed by atoms with E-state index in [4.69, 9.17) is 23.2 Å². The molecule has 0 spiro atoms. The maximum absolute atomic E-state index is 5.98. The molecule has 0 atom stereocenters. The van der Waals surface area contributed by atoms with Gasteiger partial charge in [-0.25, -0.2) is 12.2 Å². The number of allylic oxidation sites excluding steroid dienone is 4. The van der Waals surface area contributed by atoms with Gasteiger partial charge in [0.15, 0.2) is 0 Å². The summed E-state index contributed by atoms with van der Waals surface area (Å²) < 4.78 is 1.34. The molecule has 1 aliphatic carbocycles. The Morgan fingerprint density at radius 1 is 0.469 bits per heavy atom. The fourth-order valence-electron chi connectivity index (χ4n) is 8.04. The predicted octanol–water partition coefficient (Wildman–Crippen LogP) is 11.7. The van der Waals surface area contributed by atoms with Crippen molar-refractivity contribution in [1.29, 1.82) is 0 Å². The van der Waals surface area contributed by atoms with Crippen molar-refractivity contribution in [2.45, 2.75) is 111 Å². The van der Waals surface area contributed by atoms with E-state index in [-0.39, 0.29) is 46.5 Å². The summed E-state index contributed by atoms with van der Waals surface area (Å²) in [5.74, 6) is 0. The molecule has 0 bridgehead atoms. The van der Waals surface area contributed by atoms with Gasteiger partial charge in [-0.2, -0.15) is 6.08 Å². The number of hydrogen-bond acceptors (Lipinski definition) is 0. The summed E-state index contributed by atoms with van der Waals surface area (Å²) in [6.07, 6.45) is 10.0. The Morgan fingerprint density at radius 2 is 0.766 bits per heavy atom. The predicted molar refractivity (Wildman–Crippen MR) is 270 cm³/mol. The summed E-state index contributed by atoms with van der Waals surface area (Å²) in [4.78, 5) is 0. The zero-order valence-corrected chi connectivity index (χ0v) is 45.1. The second kappa shape index (κ2) is 21.5. The molecule has 0 nitrogen and oxygen atoms in total. The first kappa shape index (κ1) is 53.2. The monoisotopic (exact) mass is 1000 g/mol. The number of halogens is 4. The van der Waals surface area contributed by atoms with Crippen LogP contribution in [-0.4, -0.2) is 3.21 Å². The van der Waals surface area contributed by atoms with Crippen molar-refractivity contribution in [2.24, 2.45) is 0 Å². The van der Waals surface area contributed by atoms with E-state index in [1.807, 2.05) is 36.4 Å². The fraction of sp³-hybridized carbons (Fsp3) is 0.288. The van der Waals surface area contributed by atoms with Crippen LogP contribution in [0.5, 0.6) is 0 Å². The molecule has 0 saturated heterocycles. The van der Waals surface area contributed by atoms with E-state index < -0.39 is 0 Å². The summed E-state index contributed by atoms with van der Waals surface area (Å²) in [5, 5.41) is 7.09. The minimum atomic E-state index is 0. The first-order chi connectivity index (χ1) is 29.0. The Hall–Kier alpha value is -3.42. The average molecular weight is 1000 g/mol.